The van der Waals surface area contributed by atoms with E-state index < -0.39 is 15.8 Å². The second-order valence-electron chi connectivity index (χ2n) is 9.74. The van der Waals surface area contributed by atoms with E-state index in [0.29, 0.717) is 17.4 Å². The van der Waals surface area contributed by atoms with Crippen molar-refractivity contribution in [2.45, 2.75) is 17.7 Å². The zero-order chi connectivity index (χ0) is 30.0. The van der Waals surface area contributed by atoms with Crippen LogP contribution in [-0.4, -0.2) is 61.6 Å². The van der Waals surface area contributed by atoms with E-state index in [4.69, 9.17) is 14.6 Å². The monoisotopic (exact) mass is 593 g/mol. The number of benzene rings is 3. The Morgan fingerprint density at radius 2 is 1.60 bits per heavy atom. The van der Waals surface area contributed by atoms with E-state index >= 15 is 0 Å². The van der Waals surface area contributed by atoms with Crippen molar-refractivity contribution in [1.29, 1.82) is 0 Å². The van der Waals surface area contributed by atoms with Crippen LogP contribution in [0.3, 0.4) is 0 Å². The summed E-state index contributed by atoms with van der Waals surface area (Å²) in [5.74, 6) is 1.55. The minimum absolute atomic E-state index is 0.0172. The lowest BCUT2D eigenvalue weighted by Gasteiger charge is -2.28. The number of carboxylic acid groups (broad SMARTS) is 1. The molecule has 0 bridgehead atoms. The molecule has 0 amide bonds. The number of nitrogens with one attached hydrogen (secondary N) is 2. The first-order valence-corrected chi connectivity index (χ1v) is 14.7. The van der Waals surface area contributed by atoms with Gasteiger partial charge in [0.25, 0.3) is 16.5 Å². The molecule has 1 aromatic heterocycles. The van der Waals surface area contributed by atoms with Crippen molar-refractivity contribution in [3.63, 3.8) is 0 Å². The van der Waals surface area contributed by atoms with Gasteiger partial charge in [-0.05, 0) is 112 Å². The first-order valence-electron chi connectivity index (χ1n) is 13.2. The number of anilines is 3. The summed E-state index contributed by atoms with van der Waals surface area (Å²) in [4.78, 5) is 19.4. The van der Waals surface area contributed by atoms with Gasteiger partial charge in [0.15, 0.2) is 0 Å². The Morgan fingerprint density at radius 3 is 2.24 bits per heavy atom. The lowest BCUT2D eigenvalue weighted by molar-refractivity contribution is -0.122. The lowest BCUT2D eigenvalue weighted by Crippen LogP contribution is -2.32. The van der Waals surface area contributed by atoms with E-state index in [1.165, 1.54) is 31.3 Å². The van der Waals surface area contributed by atoms with Crippen LogP contribution in [0, 0.1) is 11.7 Å². The first-order chi connectivity index (χ1) is 20.3. The molecule has 1 aliphatic heterocycles. The summed E-state index contributed by atoms with van der Waals surface area (Å²) in [6.45, 7) is 2.73. The number of ether oxygens (including phenoxy) is 1. The summed E-state index contributed by atoms with van der Waals surface area (Å²) in [5, 5.41) is 10.1. The predicted molar refractivity (Wildman–Crippen MR) is 159 cm³/mol. The van der Waals surface area contributed by atoms with Crippen LogP contribution in [0.4, 0.5) is 21.6 Å². The van der Waals surface area contributed by atoms with Gasteiger partial charge in [-0.1, -0.05) is 0 Å². The normalized spacial score (nSPS) is 13.9. The first kappa shape index (κ1) is 30.4. The third-order valence-corrected chi connectivity index (χ3v) is 8.07. The predicted octanol–water partition coefficient (Wildman–Crippen LogP) is 5.25. The van der Waals surface area contributed by atoms with Crippen LogP contribution in [0.2, 0.25) is 0 Å². The van der Waals surface area contributed by atoms with E-state index in [9.17, 15) is 12.8 Å². The van der Waals surface area contributed by atoms with Gasteiger partial charge in [-0.15, -0.1) is 0 Å². The lowest BCUT2D eigenvalue weighted by atomic mass is 9.98. The van der Waals surface area contributed by atoms with Crippen LogP contribution in [-0.2, 0) is 14.8 Å². The van der Waals surface area contributed by atoms with Gasteiger partial charge in [0.2, 0.25) is 0 Å². The molecule has 1 fully saturated rings. The van der Waals surface area contributed by atoms with Gasteiger partial charge in [0.1, 0.15) is 23.7 Å². The Bertz CT molecular complexity index is 1540. The van der Waals surface area contributed by atoms with Crippen LogP contribution >= 0.6 is 0 Å². The Morgan fingerprint density at radius 1 is 0.976 bits per heavy atom. The fraction of sp³-hybridized carbons (Fsp3) is 0.233. The smallest absolute Gasteiger partial charge is 0.290 e. The number of aromatic nitrogens is 2. The number of piperidine rings is 1. The van der Waals surface area contributed by atoms with Crippen LogP contribution in [0.5, 0.6) is 5.75 Å². The van der Waals surface area contributed by atoms with Crippen molar-refractivity contribution in [3.8, 4) is 17.0 Å². The van der Waals surface area contributed by atoms with Gasteiger partial charge < -0.3 is 20.1 Å². The standard InChI is InChI=1S/C29H30FN5O3S.CH2O2/c1-35-16-14-21(15-17-35)19-38-26-10-2-22(3-11-26)28-18-29(32-20-31-28)33-24-6-8-25(9-7-24)34-39(36,37)27-12-4-23(30)5-13-27;2-1-3/h2-13,18,20-21,34H,14-17,19H2,1H3,(H,31,32,33);1H,(H,2,3). The number of sulfonamides is 1. The zero-order valence-electron chi connectivity index (χ0n) is 23.0. The van der Waals surface area contributed by atoms with E-state index in [2.05, 4.69) is 32.0 Å². The van der Waals surface area contributed by atoms with Crippen molar-refractivity contribution in [2.75, 3.05) is 36.8 Å². The zero-order valence-corrected chi connectivity index (χ0v) is 23.8. The average molecular weight is 594 g/mol. The molecule has 0 unspecified atom stereocenters. The van der Waals surface area contributed by atoms with Gasteiger partial charge in [0.05, 0.1) is 17.2 Å². The summed E-state index contributed by atoms with van der Waals surface area (Å²) < 4.78 is 46.7. The molecule has 0 aliphatic carbocycles. The third-order valence-electron chi connectivity index (χ3n) is 6.67. The SMILES string of the molecule is CN1CCC(COc2ccc(-c3cc(Nc4ccc(NS(=O)(=O)c5ccc(F)cc5)cc4)ncn3)cc2)CC1.O=CO. The summed E-state index contributed by atoms with van der Waals surface area (Å²) in [7, 11) is -1.66. The van der Waals surface area contributed by atoms with Crippen LogP contribution < -0.4 is 14.8 Å². The van der Waals surface area contributed by atoms with E-state index in [1.54, 1.807) is 24.3 Å². The molecule has 3 aromatic carbocycles. The fourth-order valence-electron chi connectivity index (χ4n) is 4.35. The molecule has 0 saturated carbocycles. The molecule has 1 saturated heterocycles. The molecule has 42 heavy (non-hydrogen) atoms. The molecule has 2 heterocycles. The molecule has 5 rings (SSSR count). The topological polar surface area (TPSA) is 134 Å². The molecular weight excluding hydrogens is 561 g/mol. The molecule has 220 valence electrons. The highest BCUT2D eigenvalue weighted by Gasteiger charge is 2.17. The largest absolute Gasteiger partial charge is 0.493 e. The summed E-state index contributed by atoms with van der Waals surface area (Å²) >= 11 is 0. The Balaban J connectivity index is 0.00000129. The molecule has 0 spiro atoms. The average Bonchev–Trinajstić information content (AvgIpc) is 2.99. The van der Waals surface area contributed by atoms with Crippen LogP contribution in [0.1, 0.15) is 12.8 Å². The highest BCUT2D eigenvalue weighted by Crippen LogP contribution is 2.25. The molecule has 3 N–H and O–H groups in total. The van der Waals surface area contributed by atoms with Gasteiger partial charge in [-0.3, -0.25) is 9.52 Å². The Kier molecular flexibility index (Phi) is 10.4. The molecule has 1 aliphatic rings. The van der Waals surface area contributed by atoms with Gasteiger partial charge in [-0.25, -0.2) is 22.8 Å². The van der Waals surface area contributed by atoms with Crippen molar-refractivity contribution in [1.82, 2.24) is 14.9 Å². The number of nitrogens with zero attached hydrogens (tertiary/aromatic N) is 3. The van der Waals surface area contributed by atoms with Gasteiger partial charge >= 0.3 is 0 Å². The van der Waals surface area contributed by atoms with Crippen molar-refractivity contribution < 1.29 is 27.4 Å². The highest BCUT2D eigenvalue weighted by molar-refractivity contribution is 7.92. The molecule has 4 aromatic rings. The van der Waals surface area contributed by atoms with Crippen molar-refractivity contribution in [2.24, 2.45) is 5.92 Å². The second-order valence-corrected chi connectivity index (χ2v) is 11.4. The minimum atomic E-state index is -3.82. The molecule has 10 nitrogen and oxygen atoms in total. The number of hydrogen-bond donors (Lipinski definition) is 3. The highest BCUT2D eigenvalue weighted by atomic mass is 32.2. The molecule has 0 radical (unpaired) electrons. The quantitative estimate of drug-likeness (QED) is 0.223. The number of carbonyl (C=O) groups is 1. The fourth-order valence-corrected chi connectivity index (χ4v) is 5.40. The molecule has 0 atom stereocenters. The summed E-state index contributed by atoms with van der Waals surface area (Å²) in [6.07, 6.45) is 3.83. The molecule has 12 heteroatoms. The van der Waals surface area contributed by atoms with E-state index in [0.717, 1.165) is 54.5 Å². The summed E-state index contributed by atoms with van der Waals surface area (Å²) in [6, 6.07) is 21.1. The number of halogens is 1. The maximum absolute atomic E-state index is 13.1. The number of rotatable bonds is 9. The number of hydrogen-bond acceptors (Lipinski definition) is 8. The number of likely N-dealkylation sites (tertiary alicyclic amines) is 1. The van der Waals surface area contributed by atoms with Crippen LogP contribution in [0.25, 0.3) is 11.3 Å². The van der Waals surface area contributed by atoms with Gasteiger partial charge in [0, 0.05) is 23.0 Å². The minimum Gasteiger partial charge on any atom is -0.493 e. The van der Waals surface area contributed by atoms with Gasteiger partial charge in [-0.2, -0.15) is 0 Å². The van der Waals surface area contributed by atoms with Crippen molar-refractivity contribution >= 4 is 33.7 Å². The van der Waals surface area contributed by atoms with E-state index in [-0.39, 0.29) is 11.4 Å². The van der Waals surface area contributed by atoms with E-state index in [1.807, 2.05) is 30.3 Å². The Labute approximate surface area is 244 Å². The summed E-state index contributed by atoms with van der Waals surface area (Å²) in [5.41, 5.74) is 2.81. The maximum Gasteiger partial charge on any atom is 0.290 e. The molecular formula is C30H32FN5O5S. The van der Waals surface area contributed by atoms with Crippen LogP contribution in [0.15, 0.2) is 90.1 Å². The maximum atomic E-state index is 13.1. The third kappa shape index (κ3) is 8.72. The van der Waals surface area contributed by atoms with Crippen molar-refractivity contribution in [3.05, 3.63) is 91.0 Å². The second kappa shape index (κ2) is 14.4. The Hall–Kier alpha value is -4.55.